The number of nitrogen functional groups attached to an aromatic ring is 1. The first kappa shape index (κ1) is 17.0. The van der Waals surface area contributed by atoms with E-state index in [9.17, 15) is 8.78 Å². The van der Waals surface area contributed by atoms with Gasteiger partial charge in [0.05, 0.1) is 31.1 Å². The number of alkyl halides is 1. The molecule has 0 amide bonds. The van der Waals surface area contributed by atoms with Gasteiger partial charge in [-0.2, -0.15) is 0 Å². The third kappa shape index (κ3) is 3.44. The van der Waals surface area contributed by atoms with Gasteiger partial charge in [-0.1, -0.05) is 0 Å². The minimum Gasteiger partial charge on any atom is -0.488 e. The molecule has 26 heavy (non-hydrogen) atoms. The van der Waals surface area contributed by atoms with Crippen LogP contribution >= 0.6 is 0 Å². The van der Waals surface area contributed by atoms with Gasteiger partial charge in [-0.25, -0.2) is 13.8 Å². The van der Waals surface area contributed by atoms with Crippen molar-refractivity contribution in [3.63, 3.8) is 0 Å². The van der Waals surface area contributed by atoms with E-state index in [1.807, 2.05) is 4.90 Å². The molecule has 0 radical (unpaired) electrons. The number of nitrogens with two attached hydrogens (primary N) is 1. The number of rotatable bonds is 4. The quantitative estimate of drug-likeness (QED) is 0.906. The van der Waals surface area contributed by atoms with Gasteiger partial charge in [0.25, 0.3) is 0 Å². The number of aromatic nitrogens is 1. The second kappa shape index (κ2) is 7.07. The molecule has 5 nitrogen and oxygen atoms in total. The maximum Gasteiger partial charge on any atom is 0.125 e. The van der Waals surface area contributed by atoms with Gasteiger partial charge in [0.15, 0.2) is 0 Å². The first-order valence-electron chi connectivity index (χ1n) is 8.76. The zero-order valence-corrected chi connectivity index (χ0v) is 14.3. The Bertz CT molecular complexity index is 766. The van der Waals surface area contributed by atoms with Crippen LogP contribution in [0.1, 0.15) is 24.4 Å². The highest BCUT2D eigenvalue weighted by Gasteiger charge is 2.36. The summed E-state index contributed by atoms with van der Waals surface area (Å²) in [5.41, 5.74) is 7.05. The smallest absolute Gasteiger partial charge is 0.125 e. The molecule has 2 aliphatic rings. The molecule has 4 rings (SSSR count). The topological polar surface area (TPSA) is 60.6 Å². The van der Waals surface area contributed by atoms with Crippen LogP contribution in [-0.2, 0) is 4.74 Å². The molecule has 3 heterocycles. The Morgan fingerprint density at radius 3 is 2.88 bits per heavy atom. The molecule has 0 aliphatic carbocycles. The van der Waals surface area contributed by atoms with Crippen molar-refractivity contribution in [2.45, 2.75) is 31.2 Å². The SMILES string of the molecule is Nc1ccc(N2C[C@@H](F)C[C@@H]2c2cc(F)ccc2O[C@@H]2CCOC2)cn1. The van der Waals surface area contributed by atoms with Gasteiger partial charge in [-0.3, -0.25) is 0 Å². The van der Waals surface area contributed by atoms with Crippen LogP contribution in [0.5, 0.6) is 5.75 Å². The van der Waals surface area contributed by atoms with Crippen molar-refractivity contribution in [2.75, 3.05) is 30.4 Å². The molecule has 0 spiro atoms. The fourth-order valence-electron chi connectivity index (χ4n) is 3.60. The van der Waals surface area contributed by atoms with Crippen molar-refractivity contribution in [3.05, 3.63) is 47.9 Å². The van der Waals surface area contributed by atoms with E-state index in [1.54, 1.807) is 24.4 Å². The molecule has 7 heteroatoms. The minimum atomic E-state index is -1.01. The summed E-state index contributed by atoms with van der Waals surface area (Å²) in [4.78, 5) is 5.98. The summed E-state index contributed by atoms with van der Waals surface area (Å²) >= 11 is 0. The van der Waals surface area contributed by atoms with Crippen LogP contribution in [0, 0.1) is 5.82 Å². The van der Waals surface area contributed by atoms with Crippen LogP contribution in [0.4, 0.5) is 20.3 Å². The van der Waals surface area contributed by atoms with Gasteiger partial charge in [-0.05, 0) is 30.3 Å². The Hall–Kier alpha value is -2.41. The Kier molecular flexibility index (Phi) is 4.63. The molecule has 2 aliphatic heterocycles. The number of halogens is 2. The third-order valence-corrected chi connectivity index (χ3v) is 4.86. The molecule has 2 aromatic rings. The van der Waals surface area contributed by atoms with Crippen LogP contribution in [0.25, 0.3) is 0 Å². The first-order valence-corrected chi connectivity index (χ1v) is 8.76. The molecule has 138 valence electrons. The Balaban J connectivity index is 1.67. The Morgan fingerprint density at radius 1 is 1.27 bits per heavy atom. The van der Waals surface area contributed by atoms with Gasteiger partial charge in [0, 0.05) is 24.9 Å². The summed E-state index contributed by atoms with van der Waals surface area (Å²) < 4.78 is 39.6. The lowest BCUT2D eigenvalue weighted by Crippen LogP contribution is -2.25. The molecular weight excluding hydrogens is 340 g/mol. The fraction of sp³-hybridized carbons (Fsp3) is 0.421. The average Bonchev–Trinajstić information content (AvgIpc) is 3.27. The summed E-state index contributed by atoms with van der Waals surface area (Å²) in [5.74, 6) is 0.611. The van der Waals surface area contributed by atoms with E-state index in [2.05, 4.69) is 4.98 Å². The standard InChI is InChI=1S/C19H21F2N3O2/c20-12-1-3-18(26-15-5-6-25-11-15)16(7-12)17-8-13(21)10-24(17)14-2-4-19(22)23-9-14/h1-4,7,9,13,15,17H,5-6,8,10-11H2,(H2,22,23)/t13-,15+,17+/m0/s1. The summed E-state index contributed by atoms with van der Waals surface area (Å²) in [6.07, 6.45) is 1.60. The molecule has 1 aromatic carbocycles. The number of benzene rings is 1. The summed E-state index contributed by atoms with van der Waals surface area (Å²) in [6.45, 7) is 1.39. The molecule has 2 N–H and O–H groups in total. The van der Waals surface area contributed by atoms with Gasteiger partial charge in [-0.15, -0.1) is 0 Å². The molecule has 3 atom stereocenters. The van der Waals surface area contributed by atoms with Gasteiger partial charge < -0.3 is 20.1 Å². The summed E-state index contributed by atoms with van der Waals surface area (Å²) in [5, 5.41) is 0. The number of hydrogen-bond donors (Lipinski definition) is 1. The molecule has 0 saturated carbocycles. The van der Waals surface area contributed by atoms with Gasteiger partial charge in [0.1, 0.15) is 29.7 Å². The average molecular weight is 361 g/mol. The van der Waals surface area contributed by atoms with Crippen LogP contribution in [0.3, 0.4) is 0 Å². The van der Waals surface area contributed by atoms with Crippen LogP contribution in [0.15, 0.2) is 36.5 Å². The first-order chi connectivity index (χ1) is 12.6. The molecule has 0 bridgehead atoms. The van der Waals surface area contributed by atoms with Crippen molar-refractivity contribution in [2.24, 2.45) is 0 Å². The van der Waals surface area contributed by atoms with Crippen LogP contribution in [0.2, 0.25) is 0 Å². The molecular formula is C19H21F2N3O2. The van der Waals surface area contributed by atoms with E-state index in [0.29, 0.717) is 30.3 Å². The second-order valence-electron chi connectivity index (χ2n) is 6.73. The number of hydrogen-bond acceptors (Lipinski definition) is 5. The van der Waals surface area contributed by atoms with E-state index in [4.69, 9.17) is 15.2 Å². The van der Waals surface area contributed by atoms with Gasteiger partial charge in [0.2, 0.25) is 0 Å². The monoisotopic (exact) mass is 361 g/mol. The van der Waals surface area contributed by atoms with Crippen molar-refractivity contribution < 1.29 is 18.3 Å². The normalized spacial score (nSPS) is 25.6. The Morgan fingerprint density at radius 2 is 2.15 bits per heavy atom. The van der Waals surface area contributed by atoms with E-state index in [1.165, 1.54) is 12.1 Å². The number of nitrogens with zero attached hydrogens (tertiary/aromatic N) is 2. The lowest BCUT2D eigenvalue weighted by Gasteiger charge is -2.28. The van der Waals surface area contributed by atoms with Crippen molar-refractivity contribution in [1.29, 1.82) is 0 Å². The van der Waals surface area contributed by atoms with Crippen molar-refractivity contribution in [3.8, 4) is 5.75 Å². The minimum absolute atomic E-state index is 0.0616. The van der Waals surface area contributed by atoms with Crippen LogP contribution < -0.4 is 15.4 Å². The van der Waals surface area contributed by atoms with Crippen LogP contribution in [-0.4, -0.2) is 37.0 Å². The zero-order valence-electron chi connectivity index (χ0n) is 14.3. The maximum atomic E-state index is 14.3. The van der Waals surface area contributed by atoms with Gasteiger partial charge >= 0.3 is 0 Å². The van der Waals surface area contributed by atoms with Crippen molar-refractivity contribution in [1.82, 2.24) is 4.98 Å². The summed E-state index contributed by atoms with van der Waals surface area (Å²) in [6, 6.07) is 7.57. The highest BCUT2D eigenvalue weighted by molar-refractivity contribution is 5.53. The molecule has 1 aromatic heterocycles. The molecule has 2 fully saturated rings. The maximum absolute atomic E-state index is 14.3. The lowest BCUT2D eigenvalue weighted by atomic mass is 10.0. The van der Waals surface area contributed by atoms with E-state index < -0.39 is 6.17 Å². The van der Waals surface area contributed by atoms with E-state index >= 15 is 0 Å². The summed E-state index contributed by atoms with van der Waals surface area (Å²) in [7, 11) is 0. The fourth-order valence-corrected chi connectivity index (χ4v) is 3.60. The highest BCUT2D eigenvalue weighted by atomic mass is 19.1. The predicted octanol–water partition coefficient (Wildman–Crippen LogP) is 3.26. The number of pyridine rings is 1. The number of ether oxygens (including phenoxy) is 2. The second-order valence-corrected chi connectivity index (χ2v) is 6.73. The lowest BCUT2D eigenvalue weighted by molar-refractivity contribution is 0.140. The highest BCUT2D eigenvalue weighted by Crippen LogP contribution is 2.41. The predicted molar refractivity (Wildman–Crippen MR) is 94.5 cm³/mol. The Labute approximate surface area is 150 Å². The van der Waals surface area contributed by atoms with E-state index in [0.717, 1.165) is 12.1 Å². The zero-order chi connectivity index (χ0) is 18.1. The van der Waals surface area contributed by atoms with Crippen molar-refractivity contribution >= 4 is 11.5 Å². The number of anilines is 2. The third-order valence-electron chi connectivity index (χ3n) is 4.86. The largest absolute Gasteiger partial charge is 0.488 e. The molecule has 0 unspecified atom stereocenters. The molecule has 2 saturated heterocycles. The van der Waals surface area contributed by atoms with E-state index in [-0.39, 0.29) is 30.9 Å².